The van der Waals surface area contributed by atoms with Gasteiger partial charge in [-0.1, -0.05) is 36.4 Å². The third kappa shape index (κ3) is 1.57. The maximum absolute atomic E-state index is 6.20. The van der Waals surface area contributed by atoms with Gasteiger partial charge in [0.05, 0.1) is 11.0 Å². The SMILES string of the molecule is Nc1[nH]nc2c1-c1nc3ccccc3n1C1(CCCc3ccccc31)N2. The summed E-state index contributed by atoms with van der Waals surface area (Å²) in [6.45, 7) is 0. The fraction of sp³-hybridized carbons (Fsp3) is 0.200. The van der Waals surface area contributed by atoms with E-state index in [9.17, 15) is 0 Å². The topological polar surface area (TPSA) is 84.6 Å². The van der Waals surface area contributed by atoms with E-state index >= 15 is 0 Å². The van der Waals surface area contributed by atoms with E-state index < -0.39 is 5.66 Å². The molecule has 4 aromatic rings. The standard InChI is InChI=1S/C20H18N6/c21-17-16-18(25-24-17)23-20(11-5-7-12-6-1-2-8-13(12)20)26-15-10-4-3-9-14(15)22-19(16)26/h1-4,6,8-10H,5,7,11H2,(H4,21,23,24,25). The molecule has 2 aromatic heterocycles. The molecule has 0 amide bonds. The predicted molar refractivity (Wildman–Crippen MR) is 102 cm³/mol. The molecule has 2 aromatic carbocycles. The Kier molecular flexibility index (Phi) is 2.50. The maximum Gasteiger partial charge on any atom is 0.163 e. The monoisotopic (exact) mass is 342 g/mol. The van der Waals surface area contributed by atoms with Gasteiger partial charge >= 0.3 is 0 Å². The van der Waals surface area contributed by atoms with Crippen molar-refractivity contribution >= 4 is 22.7 Å². The van der Waals surface area contributed by atoms with E-state index in [0.29, 0.717) is 5.82 Å². The van der Waals surface area contributed by atoms with Crippen LogP contribution in [-0.2, 0) is 12.1 Å². The van der Waals surface area contributed by atoms with Gasteiger partial charge in [0.15, 0.2) is 11.6 Å². The van der Waals surface area contributed by atoms with Crippen molar-refractivity contribution in [2.45, 2.75) is 24.9 Å². The minimum atomic E-state index is -0.394. The summed E-state index contributed by atoms with van der Waals surface area (Å²) >= 11 is 0. The lowest BCUT2D eigenvalue weighted by atomic mass is 9.81. The van der Waals surface area contributed by atoms with Gasteiger partial charge in [-0.15, -0.1) is 0 Å². The quantitative estimate of drug-likeness (QED) is 0.457. The van der Waals surface area contributed by atoms with Crippen LogP contribution in [0, 0.1) is 0 Å². The van der Waals surface area contributed by atoms with Crippen LogP contribution in [0.15, 0.2) is 48.5 Å². The van der Waals surface area contributed by atoms with E-state index in [1.807, 2.05) is 6.07 Å². The normalized spacial score (nSPS) is 20.5. The Morgan fingerprint density at radius 1 is 1.08 bits per heavy atom. The first-order valence-electron chi connectivity index (χ1n) is 8.97. The van der Waals surface area contributed by atoms with E-state index in [-0.39, 0.29) is 0 Å². The molecular weight excluding hydrogens is 324 g/mol. The number of aromatic amines is 1. The number of anilines is 2. The molecule has 0 saturated carbocycles. The second-order valence-corrected chi connectivity index (χ2v) is 7.12. The summed E-state index contributed by atoms with van der Waals surface area (Å²) in [6.07, 6.45) is 3.17. The van der Waals surface area contributed by atoms with E-state index in [0.717, 1.165) is 47.5 Å². The van der Waals surface area contributed by atoms with Crippen molar-refractivity contribution in [2.24, 2.45) is 0 Å². The molecule has 4 N–H and O–H groups in total. The Labute approximate surface area is 150 Å². The molecule has 1 spiro atoms. The molecule has 1 atom stereocenters. The summed E-state index contributed by atoms with van der Waals surface area (Å²) in [5.74, 6) is 2.20. The van der Waals surface area contributed by atoms with Crippen LogP contribution in [0.1, 0.15) is 24.0 Å². The van der Waals surface area contributed by atoms with Crippen LogP contribution in [0.25, 0.3) is 22.4 Å². The highest BCUT2D eigenvalue weighted by Crippen LogP contribution is 2.49. The lowest BCUT2D eigenvalue weighted by Gasteiger charge is -2.44. The van der Waals surface area contributed by atoms with Crippen LogP contribution in [0.3, 0.4) is 0 Å². The first kappa shape index (κ1) is 13.9. The third-order valence-corrected chi connectivity index (χ3v) is 5.73. The Hall–Kier alpha value is -3.28. The highest BCUT2D eigenvalue weighted by atomic mass is 15.4. The first-order valence-corrected chi connectivity index (χ1v) is 8.97. The zero-order chi connectivity index (χ0) is 17.3. The van der Waals surface area contributed by atoms with Gasteiger partial charge in [-0.3, -0.25) is 9.67 Å². The number of fused-ring (bicyclic) bond motifs is 8. The number of aryl methyl sites for hydroxylation is 1. The molecule has 0 fully saturated rings. The van der Waals surface area contributed by atoms with Crippen molar-refractivity contribution < 1.29 is 0 Å². The number of benzene rings is 2. The van der Waals surface area contributed by atoms with Crippen molar-refractivity contribution in [1.82, 2.24) is 19.7 Å². The molecule has 3 heterocycles. The van der Waals surface area contributed by atoms with Gasteiger partial charge in [-0.05, 0) is 37.0 Å². The summed E-state index contributed by atoms with van der Waals surface area (Å²) in [7, 11) is 0. The zero-order valence-corrected chi connectivity index (χ0v) is 14.2. The minimum Gasteiger partial charge on any atom is -0.383 e. The highest BCUT2D eigenvalue weighted by molar-refractivity contribution is 5.90. The molecule has 6 nitrogen and oxygen atoms in total. The second kappa shape index (κ2) is 4.66. The number of nitrogens with zero attached hydrogens (tertiary/aromatic N) is 3. The van der Waals surface area contributed by atoms with Crippen LogP contribution in [0.4, 0.5) is 11.6 Å². The largest absolute Gasteiger partial charge is 0.383 e. The predicted octanol–water partition coefficient (Wildman–Crippen LogP) is 3.47. The van der Waals surface area contributed by atoms with Crippen molar-refractivity contribution in [1.29, 1.82) is 0 Å². The van der Waals surface area contributed by atoms with Crippen molar-refractivity contribution in [3.05, 3.63) is 59.7 Å². The molecule has 0 bridgehead atoms. The van der Waals surface area contributed by atoms with Crippen molar-refractivity contribution in [2.75, 3.05) is 11.1 Å². The number of hydrogen-bond donors (Lipinski definition) is 3. The van der Waals surface area contributed by atoms with Gasteiger partial charge in [0.2, 0.25) is 0 Å². The Bertz CT molecular complexity index is 1170. The van der Waals surface area contributed by atoms with E-state index in [1.165, 1.54) is 11.1 Å². The average Bonchev–Trinajstić information content (AvgIpc) is 3.23. The Morgan fingerprint density at radius 2 is 1.92 bits per heavy atom. The molecule has 1 aliphatic heterocycles. The van der Waals surface area contributed by atoms with Crippen LogP contribution < -0.4 is 11.1 Å². The zero-order valence-electron chi connectivity index (χ0n) is 14.2. The van der Waals surface area contributed by atoms with Crippen LogP contribution in [0.2, 0.25) is 0 Å². The summed E-state index contributed by atoms with van der Waals surface area (Å²) < 4.78 is 2.33. The molecular formula is C20H18N6. The van der Waals surface area contributed by atoms with E-state index in [4.69, 9.17) is 10.7 Å². The molecule has 1 aliphatic carbocycles. The number of hydrogen-bond acceptors (Lipinski definition) is 4. The van der Waals surface area contributed by atoms with Gasteiger partial charge < -0.3 is 11.1 Å². The number of para-hydroxylation sites is 2. The van der Waals surface area contributed by atoms with Crippen molar-refractivity contribution in [3.63, 3.8) is 0 Å². The fourth-order valence-corrected chi connectivity index (χ4v) is 4.68. The minimum absolute atomic E-state index is 0.394. The van der Waals surface area contributed by atoms with Gasteiger partial charge in [0, 0.05) is 5.56 Å². The average molecular weight is 342 g/mol. The number of imidazole rings is 1. The summed E-state index contributed by atoms with van der Waals surface area (Å²) in [5, 5.41) is 11.1. The molecule has 0 saturated heterocycles. The molecule has 128 valence electrons. The van der Waals surface area contributed by atoms with E-state index in [2.05, 4.69) is 62.5 Å². The number of nitrogens with two attached hydrogens (primary N) is 1. The molecule has 6 rings (SSSR count). The summed E-state index contributed by atoms with van der Waals surface area (Å²) in [5.41, 5.74) is 11.4. The van der Waals surface area contributed by atoms with Crippen molar-refractivity contribution in [3.8, 4) is 11.4 Å². The number of H-pyrrole nitrogens is 1. The lowest BCUT2D eigenvalue weighted by molar-refractivity contribution is 0.352. The van der Waals surface area contributed by atoms with E-state index in [1.54, 1.807) is 0 Å². The summed E-state index contributed by atoms with van der Waals surface area (Å²) in [4.78, 5) is 4.93. The molecule has 26 heavy (non-hydrogen) atoms. The van der Waals surface area contributed by atoms with Gasteiger partial charge in [-0.25, -0.2) is 4.98 Å². The second-order valence-electron chi connectivity index (χ2n) is 7.12. The summed E-state index contributed by atoms with van der Waals surface area (Å²) in [6, 6.07) is 17.0. The Balaban J connectivity index is 1.77. The van der Waals surface area contributed by atoms with Crippen LogP contribution in [0.5, 0.6) is 0 Å². The lowest BCUT2D eigenvalue weighted by Crippen LogP contribution is -2.47. The number of nitrogens with one attached hydrogen (secondary N) is 2. The molecule has 6 heteroatoms. The van der Waals surface area contributed by atoms with Crippen LogP contribution >= 0.6 is 0 Å². The molecule has 1 unspecified atom stereocenters. The molecule has 0 radical (unpaired) electrons. The smallest absolute Gasteiger partial charge is 0.163 e. The number of rotatable bonds is 0. The molecule has 2 aliphatic rings. The van der Waals surface area contributed by atoms with Crippen LogP contribution in [-0.4, -0.2) is 19.7 Å². The number of aromatic nitrogens is 4. The third-order valence-electron chi connectivity index (χ3n) is 5.73. The van der Waals surface area contributed by atoms with Gasteiger partial charge in [0.25, 0.3) is 0 Å². The first-order chi connectivity index (χ1) is 12.8. The van der Waals surface area contributed by atoms with Gasteiger partial charge in [0.1, 0.15) is 17.0 Å². The maximum atomic E-state index is 6.20. The number of nitrogen functional groups attached to an aromatic ring is 1. The van der Waals surface area contributed by atoms with Gasteiger partial charge in [-0.2, -0.15) is 5.10 Å². The fourth-order valence-electron chi connectivity index (χ4n) is 4.68. The highest BCUT2D eigenvalue weighted by Gasteiger charge is 2.45. The Morgan fingerprint density at radius 3 is 2.88 bits per heavy atom.